The number of hydrogen-bond acceptors (Lipinski definition) is 7. The Bertz CT molecular complexity index is 1640. The number of pyridine rings is 1. The van der Waals surface area contributed by atoms with Gasteiger partial charge < -0.3 is 14.6 Å². The molecule has 36 heavy (non-hydrogen) atoms. The van der Waals surface area contributed by atoms with Crippen molar-refractivity contribution in [3.8, 4) is 5.69 Å². The van der Waals surface area contributed by atoms with E-state index in [1.807, 2.05) is 19.9 Å². The average molecular weight is 507 g/mol. The van der Waals surface area contributed by atoms with E-state index in [9.17, 15) is 18.0 Å². The molecule has 1 aliphatic heterocycles. The lowest BCUT2D eigenvalue weighted by Crippen LogP contribution is -2.41. The van der Waals surface area contributed by atoms with Gasteiger partial charge in [0.05, 0.1) is 46.4 Å². The highest BCUT2D eigenvalue weighted by Gasteiger charge is 2.27. The van der Waals surface area contributed by atoms with Gasteiger partial charge in [-0.15, -0.1) is 0 Å². The van der Waals surface area contributed by atoms with Gasteiger partial charge in [-0.05, 0) is 56.7 Å². The van der Waals surface area contributed by atoms with E-state index in [2.05, 4.69) is 10.3 Å². The quantitative estimate of drug-likeness (QED) is 0.441. The third kappa shape index (κ3) is 4.37. The number of nitrogens with zero attached hydrogens (tertiary/aromatic N) is 5. The third-order valence-corrected chi connectivity index (χ3v) is 7.25. The first-order valence-electron chi connectivity index (χ1n) is 11.5. The van der Waals surface area contributed by atoms with Gasteiger partial charge in [0.15, 0.2) is 9.84 Å². The first-order chi connectivity index (χ1) is 17.1. The molecule has 10 nitrogen and oxygen atoms in total. The average Bonchev–Trinajstić information content (AvgIpc) is 3.30. The fraction of sp³-hybridized carbons (Fsp3) is 0.280. The molecular weight excluding hydrogens is 480 g/mol. The number of aromatic nitrogens is 4. The van der Waals surface area contributed by atoms with Crippen molar-refractivity contribution in [2.45, 2.75) is 37.8 Å². The summed E-state index contributed by atoms with van der Waals surface area (Å²) in [5.74, 6) is 0.201. The van der Waals surface area contributed by atoms with Crippen molar-refractivity contribution in [3.63, 3.8) is 0 Å². The Morgan fingerprint density at radius 3 is 2.56 bits per heavy atom. The summed E-state index contributed by atoms with van der Waals surface area (Å²) in [6, 6.07) is 9.76. The van der Waals surface area contributed by atoms with Gasteiger partial charge >= 0.3 is 0 Å². The van der Waals surface area contributed by atoms with Crippen LogP contribution in [-0.4, -0.2) is 57.0 Å². The fourth-order valence-corrected chi connectivity index (χ4v) is 4.96. The zero-order valence-corrected chi connectivity index (χ0v) is 21.0. The highest BCUT2D eigenvalue weighted by molar-refractivity contribution is 7.90. The predicted octanol–water partition coefficient (Wildman–Crippen LogP) is 2.30. The number of nitrogens with one attached hydrogen (secondary N) is 1. The smallest absolute Gasteiger partial charge is 0.263 e. The molecule has 0 saturated carbocycles. The van der Waals surface area contributed by atoms with Crippen LogP contribution in [0.5, 0.6) is 0 Å². The van der Waals surface area contributed by atoms with E-state index in [0.717, 1.165) is 11.8 Å². The number of sulfone groups is 1. The monoisotopic (exact) mass is 506 g/mol. The van der Waals surface area contributed by atoms with Gasteiger partial charge in [-0.1, -0.05) is 0 Å². The maximum absolute atomic E-state index is 13.6. The molecule has 0 saturated heterocycles. The molecule has 4 aromatic rings. The van der Waals surface area contributed by atoms with Crippen LogP contribution in [0.3, 0.4) is 0 Å². The Hall–Kier alpha value is -3.99. The summed E-state index contributed by atoms with van der Waals surface area (Å²) < 4.78 is 27.0. The Balaban J connectivity index is 1.52. The summed E-state index contributed by atoms with van der Waals surface area (Å²) in [5.41, 5.74) is 2.80. The second-order valence-corrected chi connectivity index (χ2v) is 11.2. The van der Waals surface area contributed by atoms with E-state index in [1.165, 1.54) is 16.7 Å². The second kappa shape index (κ2) is 8.90. The lowest BCUT2D eigenvalue weighted by Gasteiger charge is -2.29. The van der Waals surface area contributed by atoms with Gasteiger partial charge in [0.1, 0.15) is 0 Å². The Kier molecular flexibility index (Phi) is 5.87. The van der Waals surface area contributed by atoms with Crippen LogP contribution >= 0.6 is 0 Å². The second-order valence-electron chi connectivity index (χ2n) is 9.19. The summed E-state index contributed by atoms with van der Waals surface area (Å²) >= 11 is 0. The van der Waals surface area contributed by atoms with Gasteiger partial charge in [0, 0.05) is 30.6 Å². The molecule has 1 aliphatic rings. The maximum Gasteiger partial charge on any atom is 0.263 e. The van der Waals surface area contributed by atoms with Gasteiger partial charge in [-0.25, -0.2) is 23.0 Å². The number of carbonyl (C=O) groups is 1. The van der Waals surface area contributed by atoms with E-state index < -0.39 is 9.84 Å². The fourth-order valence-electron chi connectivity index (χ4n) is 4.33. The van der Waals surface area contributed by atoms with Crippen molar-refractivity contribution < 1.29 is 13.2 Å². The zero-order valence-electron chi connectivity index (χ0n) is 20.2. The largest absolute Gasteiger partial charge is 0.353 e. The van der Waals surface area contributed by atoms with Crippen molar-refractivity contribution in [1.29, 1.82) is 0 Å². The molecule has 0 atom stereocenters. The topological polar surface area (TPSA) is 119 Å². The highest BCUT2D eigenvalue weighted by Crippen LogP contribution is 2.22. The van der Waals surface area contributed by atoms with Crippen LogP contribution in [0.4, 0.5) is 5.95 Å². The van der Waals surface area contributed by atoms with Gasteiger partial charge in [-0.2, -0.15) is 0 Å². The van der Waals surface area contributed by atoms with E-state index in [-0.39, 0.29) is 28.9 Å². The summed E-state index contributed by atoms with van der Waals surface area (Å²) in [6.45, 7) is 4.47. The number of carbonyl (C=O) groups excluding carboxylic acids is 1. The van der Waals surface area contributed by atoms with Crippen LogP contribution in [-0.2, 0) is 22.8 Å². The number of fused-ring (bicyclic) bond motifs is 2. The van der Waals surface area contributed by atoms with Gasteiger partial charge in [0.25, 0.3) is 11.5 Å². The van der Waals surface area contributed by atoms with Crippen LogP contribution in [0, 0.1) is 0 Å². The number of imidazole rings is 1. The van der Waals surface area contributed by atoms with Crippen molar-refractivity contribution in [1.82, 2.24) is 23.8 Å². The molecule has 0 spiro atoms. The molecular formula is C25H26N6O4S. The van der Waals surface area contributed by atoms with E-state index in [1.54, 1.807) is 46.2 Å². The van der Waals surface area contributed by atoms with E-state index >= 15 is 0 Å². The third-order valence-electron chi connectivity index (χ3n) is 6.12. The Labute approximate surface area is 208 Å². The number of anilines is 1. The van der Waals surface area contributed by atoms with Crippen molar-refractivity contribution >= 4 is 27.2 Å². The minimum Gasteiger partial charge on any atom is -0.353 e. The lowest BCUT2D eigenvalue weighted by molar-refractivity contribution is 0.0730. The SMILES string of the molecule is CC(C)Nc1nc2c(c(=O)n1-c1ccc(S(C)(=O)=O)cc1)CCN(C(=O)c1ccc3cncn3c1)C2. The van der Waals surface area contributed by atoms with Gasteiger partial charge in [-0.3, -0.25) is 9.59 Å². The van der Waals surface area contributed by atoms with Crippen LogP contribution < -0.4 is 10.9 Å². The van der Waals surface area contributed by atoms with Crippen LogP contribution in [0.15, 0.2) is 64.8 Å². The minimum absolute atomic E-state index is 0.0141. The van der Waals surface area contributed by atoms with E-state index in [0.29, 0.717) is 41.4 Å². The molecule has 0 fully saturated rings. The van der Waals surface area contributed by atoms with Crippen molar-refractivity contribution in [2.75, 3.05) is 18.1 Å². The zero-order chi connectivity index (χ0) is 25.6. The first kappa shape index (κ1) is 23.7. The first-order valence-corrected chi connectivity index (χ1v) is 13.4. The van der Waals surface area contributed by atoms with Gasteiger partial charge in [0.2, 0.25) is 5.95 Å². The predicted molar refractivity (Wildman–Crippen MR) is 135 cm³/mol. The number of amides is 1. The molecule has 4 heterocycles. The normalized spacial score (nSPS) is 13.7. The molecule has 1 amide bonds. The summed E-state index contributed by atoms with van der Waals surface area (Å²) in [5, 5.41) is 3.22. The molecule has 5 rings (SSSR count). The number of hydrogen-bond donors (Lipinski definition) is 1. The number of rotatable bonds is 5. The summed E-state index contributed by atoms with van der Waals surface area (Å²) in [7, 11) is -3.36. The molecule has 1 N–H and O–H groups in total. The maximum atomic E-state index is 13.6. The number of benzene rings is 1. The minimum atomic E-state index is -3.36. The molecule has 3 aromatic heterocycles. The summed E-state index contributed by atoms with van der Waals surface area (Å²) in [4.78, 5) is 37.6. The molecule has 0 aliphatic carbocycles. The standard InChI is InChI=1S/C25H26N6O4S/c1-16(2)27-25-28-22-14-29(23(32)17-4-5-19-12-26-15-30(19)13-17)11-10-21(22)24(33)31(25)18-6-8-20(9-7-18)36(3,34)35/h4-9,12-13,15-16H,10-11,14H2,1-3H3,(H,27,28). The highest BCUT2D eigenvalue weighted by atomic mass is 32.2. The Morgan fingerprint density at radius 2 is 1.86 bits per heavy atom. The van der Waals surface area contributed by atoms with Crippen LogP contribution in [0.2, 0.25) is 0 Å². The van der Waals surface area contributed by atoms with Crippen molar-refractivity contribution in [3.05, 3.63) is 82.3 Å². The summed E-state index contributed by atoms with van der Waals surface area (Å²) in [6.07, 6.45) is 6.62. The lowest BCUT2D eigenvalue weighted by atomic mass is 10.1. The molecule has 0 bridgehead atoms. The molecule has 186 valence electrons. The molecule has 0 unspecified atom stereocenters. The Morgan fingerprint density at radius 1 is 1.11 bits per heavy atom. The van der Waals surface area contributed by atoms with Crippen LogP contribution in [0.1, 0.15) is 35.5 Å². The molecule has 11 heteroatoms. The molecule has 0 radical (unpaired) electrons. The van der Waals surface area contributed by atoms with Crippen molar-refractivity contribution in [2.24, 2.45) is 0 Å². The van der Waals surface area contributed by atoms with E-state index in [4.69, 9.17) is 4.98 Å². The van der Waals surface area contributed by atoms with Crippen LogP contribution in [0.25, 0.3) is 11.2 Å². The molecule has 1 aromatic carbocycles.